The summed E-state index contributed by atoms with van der Waals surface area (Å²) in [7, 11) is 2.08. The predicted molar refractivity (Wildman–Crippen MR) is 103 cm³/mol. The third-order valence-corrected chi connectivity index (χ3v) is 5.23. The highest BCUT2D eigenvalue weighted by molar-refractivity contribution is 5.94. The van der Waals surface area contributed by atoms with E-state index in [1.807, 2.05) is 0 Å². The fourth-order valence-corrected chi connectivity index (χ4v) is 3.88. The molecular formula is C21H29N3O. The number of nitrogens with zero attached hydrogens (tertiary/aromatic N) is 2. The highest BCUT2D eigenvalue weighted by Crippen LogP contribution is 2.32. The Morgan fingerprint density at radius 2 is 2.08 bits per heavy atom. The second-order valence-corrected chi connectivity index (χ2v) is 7.41. The van der Waals surface area contributed by atoms with E-state index in [0.717, 1.165) is 30.6 Å². The third-order valence-electron chi connectivity index (χ3n) is 5.23. The smallest absolute Gasteiger partial charge is 0.238 e. The van der Waals surface area contributed by atoms with Gasteiger partial charge in [0.05, 0.1) is 12.6 Å². The topological polar surface area (TPSA) is 37.3 Å². The van der Waals surface area contributed by atoms with Gasteiger partial charge in [0, 0.05) is 24.6 Å². The zero-order valence-corrected chi connectivity index (χ0v) is 15.7. The van der Waals surface area contributed by atoms with Crippen molar-refractivity contribution in [2.24, 2.45) is 7.05 Å². The molecule has 1 saturated heterocycles. The summed E-state index contributed by atoms with van der Waals surface area (Å²) in [6.45, 7) is 7.81. The maximum Gasteiger partial charge on any atom is 0.238 e. The van der Waals surface area contributed by atoms with Crippen molar-refractivity contribution in [3.63, 3.8) is 0 Å². The van der Waals surface area contributed by atoms with E-state index in [4.69, 9.17) is 0 Å². The fraction of sp³-hybridized carbons (Fsp3) is 0.476. The summed E-state index contributed by atoms with van der Waals surface area (Å²) in [5, 5.41) is 3.18. The zero-order valence-electron chi connectivity index (χ0n) is 15.7. The van der Waals surface area contributed by atoms with Crippen molar-refractivity contribution in [2.45, 2.75) is 45.6 Å². The van der Waals surface area contributed by atoms with Crippen LogP contribution in [0.25, 0.3) is 0 Å². The molecule has 2 heterocycles. The number of aromatic nitrogens is 1. The molecule has 1 aromatic carbocycles. The molecule has 0 saturated carbocycles. The van der Waals surface area contributed by atoms with Crippen molar-refractivity contribution in [3.8, 4) is 0 Å². The first kappa shape index (κ1) is 17.7. The van der Waals surface area contributed by atoms with Crippen LogP contribution in [0.5, 0.6) is 0 Å². The zero-order chi connectivity index (χ0) is 18.0. The normalized spacial score (nSPS) is 18.0. The lowest BCUT2D eigenvalue weighted by molar-refractivity contribution is -0.117. The first-order valence-electron chi connectivity index (χ1n) is 9.22. The highest BCUT2D eigenvalue weighted by atomic mass is 16.2. The van der Waals surface area contributed by atoms with Crippen LogP contribution in [0.2, 0.25) is 0 Å². The number of rotatable bonds is 5. The van der Waals surface area contributed by atoms with Gasteiger partial charge in [-0.25, -0.2) is 0 Å². The minimum absolute atomic E-state index is 0.0808. The minimum Gasteiger partial charge on any atom is -0.353 e. The van der Waals surface area contributed by atoms with Crippen LogP contribution < -0.4 is 5.32 Å². The molecule has 134 valence electrons. The summed E-state index contributed by atoms with van der Waals surface area (Å²) in [4.78, 5) is 15.0. The van der Waals surface area contributed by atoms with Crippen LogP contribution in [0, 0.1) is 6.92 Å². The number of likely N-dealkylation sites (tertiary alicyclic amines) is 1. The van der Waals surface area contributed by atoms with Gasteiger partial charge in [-0.05, 0) is 55.5 Å². The standard InChI is InChI=1S/C21H29N3O/c1-15(2)17-9-5-8-16(3)21(17)22-20(25)14-24-13-7-11-19(24)18-10-6-12-23(18)4/h5-6,8-10,12,15,19H,7,11,13-14H2,1-4H3,(H,22,25)/t19-/m0/s1. The number of carbonyl (C=O) groups excluding carboxylic acids is 1. The Balaban J connectivity index is 1.72. The van der Waals surface area contributed by atoms with E-state index in [1.54, 1.807) is 0 Å². The van der Waals surface area contributed by atoms with Gasteiger partial charge < -0.3 is 9.88 Å². The maximum absolute atomic E-state index is 12.7. The van der Waals surface area contributed by atoms with Crippen LogP contribution in [0.4, 0.5) is 5.69 Å². The molecule has 1 aliphatic rings. The van der Waals surface area contributed by atoms with Crippen LogP contribution in [-0.4, -0.2) is 28.5 Å². The van der Waals surface area contributed by atoms with Crippen molar-refractivity contribution in [1.29, 1.82) is 0 Å². The molecule has 0 spiro atoms. The molecule has 1 aromatic heterocycles. The Morgan fingerprint density at radius 3 is 2.76 bits per heavy atom. The fourth-order valence-electron chi connectivity index (χ4n) is 3.88. The lowest BCUT2D eigenvalue weighted by Crippen LogP contribution is -2.33. The first-order valence-corrected chi connectivity index (χ1v) is 9.22. The number of carbonyl (C=O) groups is 1. The van der Waals surface area contributed by atoms with Gasteiger partial charge in [-0.15, -0.1) is 0 Å². The van der Waals surface area contributed by atoms with E-state index in [-0.39, 0.29) is 5.91 Å². The third kappa shape index (κ3) is 3.79. The minimum atomic E-state index is 0.0808. The summed E-state index contributed by atoms with van der Waals surface area (Å²) in [6.07, 6.45) is 4.34. The molecule has 2 aromatic rings. The molecule has 25 heavy (non-hydrogen) atoms. The van der Waals surface area contributed by atoms with Crippen LogP contribution in [0.1, 0.15) is 55.5 Å². The Labute approximate surface area is 150 Å². The number of hydrogen-bond acceptors (Lipinski definition) is 2. The molecule has 4 heteroatoms. The quantitative estimate of drug-likeness (QED) is 0.885. The Morgan fingerprint density at radius 1 is 1.28 bits per heavy atom. The van der Waals surface area contributed by atoms with Crippen molar-refractivity contribution < 1.29 is 4.79 Å². The van der Waals surface area contributed by atoms with Gasteiger partial charge in [-0.1, -0.05) is 32.0 Å². The molecule has 1 aliphatic heterocycles. The van der Waals surface area contributed by atoms with Crippen LogP contribution in [-0.2, 0) is 11.8 Å². The molecule has 1 fully saturated rings. The molecule has 0 bridgehead atoms. The van der Waals surface area contributed by atoms with Crippen LogP contribution in [0.15, 0.2) is 36.5 Å². The number of aryl methyl sites for hydroxylation is 2. The largest absolute Gasteiger partial charge is 0.353 e. The average Bonchev–Trinajstić information content (AvgIpc) is 3.17. The van der Waals surface area contributed by atoms with Crippen LogP contribution >= 0.6 is 0 Å². The van der Waals surface area contributed by atoms with E-state index in [9.17, 15) is 4.79 Å². The van der Waals surface area contributed by atoms with Crippen molar-refractivity contribution in [1.82, 2.24) is 9.47 Å². The molecule has 0 aliphatic carbocycles. The van der Waals surface area contributed by atoms with Gasteiger partial charge in [0.1, 0.15) is 0 Å². The second-order valence-electron chi connectivity index (χ2n) is 7.41. The Kier molecular flexibility index (Phi) is 5.28. The molecule has 3 rings (SSSR count). The Hall–Kier alpha value is -2.07. The number of amides is 1. The SMILES string of the molecule is Cc1cccc(C(C)C)c1NC(=O)CN1CCC[C@H]1c1cccn1C. The monoisotopic (exact) mass is 339 g/mol. The number of anilines is 1. The average molecular weight is 339 g/mol. The van der Waals surface area contributed by atoms with E-state index in [0.29, 0.717) is 18.5 Å². The van der Waals surface area contributed by atoms with Crippen molar-refractivity contribution >= 4 is 11.6 Å². The molecular weight excluding hydrogens is 310 g/mol. The number of benzene rings is 1. The molecule has 4 nitrogen and oxygen atoms in total. The first-order chi connectivity index (χ1) is 12.0. The van der Waals surface area contributed by atoms with E-state index in [1.165, 1.54) is 11.3 Å². The predicted octanol–water partition coefficient (Wildman–Crippen LogP) is 4.23. The van der Waals surface area contributed by atoms with Crippen molar-refractivity contribution in [3.05, 3.63) is 53.3 Å². The maximum atomic E-state index is 12.7. The van der Waals surface area contributed by atoms with Gasteiger partial charge in [0.2, 0.25) is 5.91 Å². The number of nitrogens with one attached hydrogen (secondary N) is 1. The lowest BCUT2D eigenvalue weighted by atomic mass is 9.98. The molecule has 1 atom stereocenters. The highest BCUT2D eigenvalue weighted by Gasteiger charge is 2.29. The molecule has 0 radical (unpaired) electrons. The summed E-state index contributed by atoms with van der Waals surface area (Å²) in [6, 6.07) is 10.8. The van der Waals surface area contributed by atoms with E-state index in [2.05, 4.69) is 79.1 Å². The van der Waals surface area contributed by atoms with Gasteiger partial charge in [0.15, 0.2) is 0 Å². The van der Waals surface area contributed by atoms with Gasteiger partial charge in [0.25, 0.3) is 0 Å². The second kappa shape index (κ2) is 7.44. The molecule has 1 amide bonds. The van der Waals surface area contributed by atoms with E-state index < -0.39 is 0 Å². The summed E-state index contributed by atoms with van der Waals surface area (Å²) in [5.41, 5.74) is 4.61. The van der Waals surface area contributed by atoms with Crippen molar-refractivity contribution in [2.75, 3.05) is 18.4 Å². The van der Waals surface area contributed by atoms with E-state index >= 15 is 0 Å². The van der Waals surface area contributed by atoms with Gasteiger partial charge >= 0.3 is 0 Å². The van der Waals surface area contributed by atoms with Gasteiger partial charge in [-0.2, -0.15) is 0 Å². The number of para-hydroxylation sites is 1. The lowest BCUT2D eigenvalue weighted by Gasteiger charge is -2.25. The van der Waals surface area contributed by atoms with Gasteiger partial charge in [-0.3, -0.25) is 9.69 Å². The Bertz CT molecular complexity index is 747. The summed E-state index contributed by atoms with van der Waals surface area (Å²) in [5.74, 6) is 0.468. The molecule has 1 N–H and O–H groups in total. The van der Waals surface area contributed by atoms with Crippen LogP contribution in [0.3, 0.4) is 0 Å². The summed E-state index contributed by atoms with van der Waals surface area (Å²) >= 11 is 0. The number of hydrogen-bond donors (Lipinski definition) is 1. The molecule has 0 unspecified atom stereocenters. The summed E-state index contributed by atoms with van der Waals surface area (Å²) < 4.78 is 2.17.